The number of hydrogen-bond acceptors (Lipinski definition) is 2. The zero-order valence-corrected chi connectivity index (χ0v) is 11.0. The molecule has 0 aromatic heterocycles. The molecule has 1 aromatic rings. The van der Waals surface area contributed by atoms with Crippen LogP contribution in [-0.2, 0) is 11.3 Å². The van der Waals surface area contributed by atoms with Crippen LogP contribution in [0.2, 0.25) is 0 Å². The van der Waals surface area contributed by atoms with Crippen LogP contribution >= 0.6 is 0 Å². The van der Waals surface area contributed by atoms with Crippen molar-refractivity contribution in [3.05, 3.63) is 35.1 Å². The second kappa shape index (κ2) is 7.11. The fraction of sp³-hybridized carbons (Fsp3) is 0.500. The van der Waals surface area contributed by atoms with Crippen LogP contribution in [0.5, 0.6) is 0 Å². The van der Waals surface area contributed by atoms with E-state index in [9.17, 15) is 4.39 Å². The number of halogens is 1. The first-order chi connectivity index (χ1) is 8.56. The van der Waals surface area contributed by atoms with E-state index in [0.717, 1.165) is 12.8 Å². The Morgan fingerprint density at radius 3 is 2.83 bits per heavy atom. The van der Waals surface area contributed by atoms with Crippen molar-refractivity contribution in [1.29, 1.82) is 5.41 Å². The molecule has 4 heteroatoms. The molecule has 1 atom stereocenters. The molecule has 0 saturated heterocycles. The minimum absolute atomic E-state index is 0.137. The Balaban J connectivity index is 2.57. The van der Waals surface area contributed by atoms with E-state index in [0.29, 0.717) is 18.1 Å². The lowest BCUT2D eigenvalue weighted by atomic mass is 10.1. The summed E-state index contributed by atoms with van der Waals surface area (Å²) in [4.78, 5) is 0. The zero-order chi connectivity index (χ0) is 13.5. The van der Waals surface area contributed by atoms with Crippen LogP contribution in [0.4, 0.5) is 4.39 Å². The molecule has 18 heavy (non-hydrogen) atoms. The third-order valence-corrected chi connectivity index (χ3v) is 2.81. The van der Waals surface area contributed by atoms with Crippen molar-refractivity contribution in [2.24, 2.45) is 11.7 Å². The van der Waals surface area contributed by atoms with Crippen molar-refractivity contribution in [3.63, 3.8) is 0 Å². The van der Waals surface area contributed by atoms with Gasteiger partial charge in [-0.2, -0.15) is 0 Å². The first-order valence-electron chi connectivity index (χ1n) is 6.25. The molecule has 0 spiro atoms. The maximum absolute atomic E-state index is 13.9. The lowest BCUT2D eigenvalue weighted by Gasteiger charge is -2.12. The molecular formula is C14H21FN2O. The van der Waals surface area contributed by atoms with E-state index in [4.69, 9.17) is 15.9 Å². The molecular weight excluding hydrogens is 231 g/mol. The van der Waals surface area contributed by atoms with Crippen molar-refractivity contribution in [3.8, 4) is 0 Å². The van der Waals surface area contributed by atoms with Gasteiger partial charge in [0.15, 0.2) is 0 Å². The molecule has 3 N–H and O–H groups in total. The number of nitrogen functional groups attached to an aromatic ring is 1. The van der Waals surface area contributed by atoms with E-state index in [1.807, 2.05) is 0 Å². The first-order valence-corrected chi connectivity index (χ1v) is 6.25. The van der Waals surface area contributed by atoms with Crippen molar-refractivity contribution >= 4 is 5.84 Å². The summed E-state index contributed by atoms with van der Waals surface area (Å²) < 4.78 is 19.4. The fourth-order valence-electron chi connectivity index (χ4n) is 1.85. The van der Waals surface area contributed by atoms with E-state index in [1.165, 1.54) is 6.07 Å². The molecule has 100 valence electrons. The summed E-state index contributed by atoms with van der Waals surface area (Å²) in [6.45, 7) is 5.09. The second-order valence-corrected chi connectivity index (χ2v) is 4.60. The summed E-state index contributed by atoms with van der Waals surface area (Å²) in [5.74, 6) is -0.226. The standard InChI is InChI=1S/C14H21FN2O/c1-3-5-10(2)8-18-9-11-6-4-7-12(13(11)15)14(16)17/h4,6-7,10H,3,5,8-9H2,1-2H3,(H3,16,17). The van der Waals surface area contributed by atoms with Gasteiger partial charge in [0, 0.05) is 12.2 Å². The predicted octanol–water partition coefficient (Wildman–Crippen LogP) is 3.06. The highest BCUT2D eigenvalue weighted by Crippen LogP contribution is 2.14. The molecule has 0 radical (unpaired) electrons. The van der Waals surface area contributed by atoms with E-state index in [1.54, 1.807) is 12.1 Å². The van der Waals surface area contributed by atoms with Gasteiger partial charge in [0.1, 0.15) is 11.7 Å². The van der Waals surface area contributed by atoms with Crippen molar-refractivity contribution < 1.29 is 9.13 Å². The average molecular weight is 252 g/mol. The lowest BCUT2D eigenvalue weighted by Crippen LogP contribution is -2.15. The van der Waals surface area contributed by atoms with Crippen LogP contribution in [0.15, 0.2) is 18.2 Å². The lowest BCUT2D eigenvalue weighted by molar-refractivity contribution is 0.0874. The Kier molecular flexibility index (Phi) is 5.78. The van der Waals surface area contributed by atoms with Crippen LogP contribution in [0.3, 0.4) is 0 Å². The van der Waals surface area contributed by atoms with Gasteiger partial charge in [0.05, 0.1) is 12.2 Å². The molecule has 0 aliphatic carbocycles. The van der Waals surface area contributed by atoms with E-state index in [2.05, 4.69) is 13.8 Å². The molecule has 0 fully saturated rings. The minimum Gasteiger partial charge on any atom is -0.384 e. The molecule has 0 saturated carbocycles. The minimum atomic E-state index is -0.451. The Hall–Kier alpha value is -1.42. The van der Waals surface area contributed by atoms with E-state index >= 15 is 0 Å². The number of nitrogens with two attached hydrogens (primary N) is 1. The quantitative estimate of drug-likeness (QED) is 0.578. The van der Waals surface area contributed by atoms with Crippen molar-refractivity contribution in [2.75, 3.05) is 6.61 Å². The Labute approximate surface area is 108 Å². The molecule has 3 nitrogen and oxygen atoms in total. The van der Waals surface area contributed by atoms with Gasteiger partial charge in [0.2, 0.25) is 0 Å². The van der Waals surface area contributed by atoms with Gasteiger partial charge in [-0.15, -0.1) is 0 Å². The molecule has 1 aromatic carbocycles. The maximum Gasteiger partial charge on any atom is 0.139 e. The predicted molar refractivity (Wildman–Crippen MR) is 71.1 cm³/mol. The topological polar surface area (TPSA) is 59.1 Å². The van der Waals surface area contributed by atoms with Gasteiger partial charge in [-0.25, -0.2) is 4.39 Å². The molecule has 0 bridgehead atoms. The fourth-order valence-corrected chi connectivity index (χ4v) is 1.85. The second-order valence-electron chi connectivity index (χ2n) is 4.60. The summed E-state index contributed by atoms with van der Waals surface area (Å²) in [7, 11) is 0. The summed E-state index contributed by atoms with van der Waals surface area (Å²) in [6, 6.07) is 4.85. The first kappa shape index (κ1) is 14.6. The SMILES string of the molecule is CCCC(C)COCc1cccc(C(=N)N)c1F. The number of ether oxygens (including phenoxy) is 1. The number of rotatable bonds is 7. The molecule has 0 heterocycles. The van der Waals surface area contributed by atoms with Crippen LogP contribution in [0.1, 0.15) is 37.8 Å². The van der Waals surface area contributed by atoms with E-state index in [-0.39, 0.29) is 18.0 Å². The van der Waals surface area contributed by atoms with Crippen molar-refractivity contribution in [1.82, 2.24) is 0 Å². The van der Waals surface area contributed by atoms with Crippen LogP contribution in [0.25, 0.3) is 0 Å². The van der Waals surface area contributed by atoms with Crippen LogP contribution in [0, 0.1) is 17.1 Å². The number of nitrogens with one attached hydrogen (secondary N) is 1. The third kappa shape index (κ3) is 4.11. The molecule has 0 aliphatic heterocycles. The Bertz CT molecular complexity index is 407. The number of amidine groups is 1. The highest BCUT2D eigenvalue weighted by atomic mass is 19.1. The third-order valence-electron chi connectivity index (χ3n) is 2.81. The van der Waals surface area contributed by atoms with E-state index < -0.39 is 5.82 Å². The molecule has 0 aliphatic rings. The molecule has 1 unspecified atom stereocenters. The van der Waals surface area contributed by atoms with Gasteiger partial charge in [-0.1, -0.05) is 32.4 Å². The monoisotopic (exact) mass is 252 g/mol. The average Bonchev–Trinajstić information content (AvgIpc) is 2.31. The summed E-state index contributed by atoms with van der Waals surface area (Å²) in [5.41, 5.74) is 5.89. The molecule has 0 amide bonds. The number of hydrogen-bond donors (Lipinski definition) is 2. The van der Waals surface area contributed by atoms with Gasteiger partial charge in [-0.05, 0) is 18.4 Å². The van der Waals surface area contributed by atoms with Gasteiger partial charge >= 0.3 is 0 Å². The smallest absolute Gasteiger partial charge is 0.139 e. The highest BCUT2D eigenvalue weighted by molar-refractivity contribution is 5.95. The number of benzene rings is 1. The molecule has 1 rings (SSSR count). The highest BCUT2D eigenvalue weighted by Gasteiger charge is 2.10. The summed E-state index contributed by atoms with van der Waals surface area (Å²) in [6.07, 6.45) is 2.23. The van der Waals surface area contributed by atoms with Gasteiger partial charge in [0.25, 0.3) is 0 Å². The van der Waals surface area contributed by atoms with Crippen LogP contribution < -0.4 is 5.73 Å². The summed E-state index contributed by atoms with van der Waals surface area (Å²) in [5, 5.41) is 7.27. The van der Waals surface area contributed by atoms with Crippen LogP contribution in [-0.4, -0.2) is 12.4 Å². The normalized spacial score (nSPS) is 12.4. The Morgan fingerprint density at radius 1 is 1.50 bits per heavy atom. The van der Waals surface area contributed by atoms with Crippen molar-refractivity contribution in [2.45, 2.75) is 33.3 Å². The largest absolute Gasteiger partial charge is 0.384 e. The van der Waals surface area contributed by atoms with Gasteiger partial charge in [-0.3, -0.25) is 5.41 Å². The van der Waals surface area contributed by atoms with Gasteiger partial charge < -0.3 is 10.5 Å². The maximum atomic E-state index is 13.9. The summed E-state index contributed by atoms with van der Waals surface area (Å²) >= 11 is 0. The zero-order valence-electron chi connectivity index (χ0n) is 11.0. The Morgan fingerprint density at radius 2 is 2.22 bits per heavy atom.